The van der Waals surface area contributed by atoms with Crippen LogP contribution in [-0.4, -0.2) is 54.1 Å². The van der Waals surface area contributed by atoms with Crippen LogP contribution in [0.3, 0.4) is 0 Å². The Morgan fingerprint density at radius 2 is 1.81 bits per heavy atom. The van der Waals surface area contributed by atoms with Crippen LogP contribution in [0.1, 0.15) is 35.8 Å². The number of piperidine rings is 1. The van der Waals surface area contributed by atoms with Gasteiger partial charge in [0.1, 0.15) is 0 Å². The lowest BCUT2D eigenvalue weighted by Crippen LogP contribution is -2.32. The number of hydrogen-bond donors (Lipinski definition) is 1. The molecule has 1 N–H and O–H groups in total. The molecule has 0 atom stereocenters. The SMILES string of the molecule is CN1CCCN(C(=O)c2cn(C3CCNCC3)nn2)c2ccccc21.Cl.Cl. The second-order valence-electron chi connectivity index (χ2n) is 6.79. The van der Waals surface area contributed by atoms with Crippen LogP contribution in [0.2, 0.25) is 0 Å². The van der Waals surface area contributed by atoms with Gasteiger partial charge in [0.25, 0.3) is 5.91 Å². The fraction of sp³-hybridized carbons (Fsp3) is 0.500. The highest BCUT2D eigenvalue weighted by Gasteiger charge is 2.27. The minimum absolute atomic E-state index is 0. The maximum Gasteiger partial charge on any atom is 0.280 e. The molecule has 1 aromatic heterocycles. The second kappa shape index (κ2) is 9.39. The number of hydrogen-bond acceptors (Lipinski definition) is 5. The Labute approximate surface area is 171 Å². The van der Waals surface area contributed by atoms with E-state index in [0.29, 0.717) is 18.3 Å². The summed E-state index contributed by atoms with van der Waals surface area (Å²) in [7, 11) is 2.07. The summed E-state index contributed by atoms with van der Waals surface area (Å²) < 4.78 is 1.87. The van der Waals surface area contributed by atoms with Crippen molar-refractivity contribution in [3.63, 3.8) is 0 Å². The highest BCUT2D eigenvalue weighted by molar-refractivity contribution is 6.06. The van der Waals surface area contributed by atoms with Crippen LogP contribution >= 0.6 is 24.8 Å². The Morgan fingerprint density at radius 3 is 2.56 bits per heavy atom. The molecule has 0 unspecified atom stereocenters. The van der Waals surface area contributed by atoms with Gasteiger partial charge in [-0.15, -0.1) is 29.9 Å². The maximum absolute atomic E-state index is 13.1. The fourth-order valence-corrected chi connectivity index (χ4v) is 3.70. The molecule has 2 aliphatic rings. The Hall–Kier alpha value is -1.83. The van der Waals surface area contributed by atoms with Crippen molar-refractivity contribution in [2.75, 3.05) is 43.0 Å². The zero-order chi connectivity index (χ0) is 17.2. The molecule has 1 amide bonds. The number of rotatable bonds is 2. The number of nitrogens with zero attached hydrogens (tertiary/aromatic N) is 5. The van der Waals surface area contributed by atoms with Crippen molar-refractivity contribution in [2.24, 2.45) is 0 Å². The number of para-hydroxylation sites is 2. The molecule has 27 heavy (non-hydrogen) atoms. The molecule has 1 fully saturated rings. The van der Waals surface area contributed by atoms with Gasteiger partial charge in [-0.25, -0.2) is 4.68 Å². The summed E-state index contributed by atoms with van der Waals surface area (Å²) in [6, 6.07) is 8.39. The highest BCUT2D eigenvalue weighted by atomic mass is 35.5. The van der Waals surface area contributed by atoms with E-state index in [1.807, 2.05) is 34.0 Å². The van der Waals surface area contributed by atoms with Crippen LogP contribution in [0, 0.1) is 0 Å². The number of benzene rings is 1. The molecule has 148 valence electrons. The first-order valence-corrected chi connectivity index (χ1v) is 8.98. The zero-order valence-electron chi connectivity index (χ0n) is 15.4. The minimum Gasteiger partial charge on any atom is -0.373 e. The second-order valence-corrected chi connectivity index (χ2v) is 6.79. The van der Waals surface area contributed by atoms with E-state index in [-0.39, 0.29) is 30.7 Å². The van der Waals surface area contributed by atoms with Gasteiger partial charge in [-0.2, -0.15) is 0 Å². The molecule has 0 spiro atoms. The van der Waals surface area contributed by atoms with E-state index in [9.17, 15) is 4.79 Å². The van der Waals surface area contributed by atoms with Gasteiger partial charge < -0.3 is 15.1 Å². The van der Waals surface area contributed by atoms with Gasteiger partial charge in [-0.1, -0.05) is 17.3 Å². The van der Waals surface area contributed by atoms with Gasteiger partial charge in [0, 0.05) is 20.1 Å². The molecule has 3 heterocycles. The van der Waals surface area contributed by atoms with E-state index in [2.05, 4.69) is 33.6 Å². The summed E-state index contributed by atoms with van der Waals surface area (Å²) in [5.41, 5.74) is 2.46. The van der Waals surface area contributed by atoms with Crippen LogP contribution in [0.15, 0.2) is 30.5 Å². The standard InChI is InChI=1S/C18H24N6O.2ClH/c1-22-11-4-12-23(17-6-3-2-5-16(17)22)18(25)15-13-24(21-20-15)14-7-9-19-10-8-14;;/h2-3,5-6,13-14,19H,4,7-12H2,1H3;2*1H. The van der Waals surface area contributed by atoms with Crippen molar-refractivity contribution >= 4 is 42.1 Å². The van der Waals surface area contributed by atoms with Crippen molar-refractivity contribution in [1.82, 2.24) is 20.3 Å². The third-order valence-electron chi connectivity index (χ3n) is 5.12. The fourth-order valence-electron chi connectivity index (χ4n) is 3.70. The number of nitrogens with one attached hydrogen (secondary N) is 1. The van der Waals surface area contributed by atoms with E-state index in [0.717, 1.165) is 50.3 Å². The van der Waals surface area contributed by atoms with Crippen LogP contribution in [0.25, 0.3) is 0 Å². The summed E-state index contributed by atoms with van der Waals surface area (Å²) in [6.07, 6.45) is 4.79. The predicted octanol–water partition coefficient (Wildman–Crippen LogP) is 2.53. The molecular weight excluding hydrogens is 387 g/mol. The van der Waals surface area contributed by atoms with Gasteiger partial charge >= 0.3 is 0 Å². The lowest BCUT2D eigenvalue weighted by molar-refractivity contribution is 0.0982. The van der Waals surface area contributed by atoms with Crippen molar-refractivity contribution in [3.8, 4) is 0 Å². The highest BCUT2D eigenvalue weighted by Crippen LogP contribution is 2.32. The molecule has 0 aliphatic carbocycles. The summed E-state index contributed by atoms with van der Waals surface area (Å²) >= 11 is 0. The normalized spacial score (nSPS) is 17.4. The van der Waals surface area contributed by atoms with Gasteiger partial charge in [0.2, 0.25) is 0 Å². The van der Waals surface area contributed by atoms with Crippen molar-refractivity contribution < 1.29 is 4.79 Å². The Bertz CT molecular complexity index is 762. The number of carbonyl (C=O) groups is 1. The van der Waals surface area contributed by atoms with Crippen molar-refractivity contribution in [2.45, 2.75) is 25.3 Å². The van der Waals surface area contributed by atoms with Crippen molar-refractivity contribution in [3.05, 3.63) is 36.2 Å². The van der Waals surface area contributed by atoms with E-state index in [4.69, 9.17) is 0 Å². The molecule has 1 aromatic carbocycles. The lowest BCUT2D eigenvalue weighted by Gasteiger charge is -2.23. The number of amides is 1. The first kappa shape index (κ1) is 21.5. The van der Waals surface area contributed by atoms with Crippen LogP contribution in [0.5, 0.6) is 0 Å². The molecule has 0 radical (unpaired) electrons. The molecule has 7 nitrogen and oxygen atoms in total. The zero-order valence-corrected chi connectivity index (χ0v) is 17.0. The largest absolute Gasteiger partial charge is 0.373 e. The Balaban J connectivity index is 0.00000131. The molecule has 2 aromatic rings. The van der Waals surface area contributed by atoms with Gasteiger partial charge in [-0.3, -0.25) is 4.79 Å². The summed E-state index contributed by atoms with van der Waals surface area (Å²) in [5, 5.41) is 11.8. The molecular formula is C18H26Cl2N6O. The van der Waals surface area contributed by atoms with Crippen LogP contribution in [-0.2, 0) is 0 Å². The van der Waals surface area contributed by atoms with Crippen LogP contribution < -0.4 is 15.1 Å². The van der Waals surface area contributed by atoms with Crippen molar-refractivity contribution in [1.29, 1.82) is 0 Å². The molecule has 9 heteroatoms. The number of fused-ring (bicyclic) bond motifs is 1. The molecule has 0 saturated carbocycles. The number of carbonyl (C=O) groups excluding carboxylic acids is 1. The first-order chi connectivity index (χ1) is 12.2. The topological polar surface area (TPSA) is 66.3 Å². The van der Waals surface area contributed by atoms with Gasteiger partial charge in [0.15, 0.2) is 5.69 Å². The third kappa shape index (κ3) is 4.36. The van der Waals surface area contributed by atoms with E-state index in [1.165, 1.54) is 0 Å². The van der Waals surface area contributed by atoms with E-state index < -0.39 is 0 Å². The summed E-state index contributed by atoms with van der Waals surface area (Å²) in [4.78, 5) is 17.1. The first-order valence-electron chi connectivity index (χ1n) is 8.98. The smallest absolute Gasteiger partial charge is 0.280 e. The predicted molar refractivity (Wildman–Crippen MR) is 112 cm³/mol. The van der Waals surface area contributed by atoms with E-state index in [1.54, 1.807) is 0 Å². The monoisotopic (exact) mass is 412 g/mol. The maximum atomic E-state index is 13.1. The molecule has 0 bridgehead atoms. The van der Waals surface area contributed by atoms with Gasteiger partial charge in [0.05, 0.1) is 23.6 Å². The number of halogens is 2. The average molecular weight is 413 g/mol. The molecule has 4 rings (SSSR count). The lowest BCUT2D eigenvalue weighted by atomic mass is 10.1. The third-order valence-corrected chi connectivity index (χ3v) is 5.12. The number of anilines is 2. The quantitative estimate of drug-likeness (QED) is 0.820. The Morgan fingerprint density at radius 1 is 1.11 bits per heavy atom. The minimum atomic E-state index is -0.0667. The average Bonchev–Trinajstić information content (AvgIpc) is 3.09. The van der Waals surface area contributed by atoms with Crippen LogP contribution in [0.4, 0.5) is 11.4 Å². The number of aromatic nitrogens is 3. The summed E-state index contributed by atoms with van der Waals surface area (Å²) in [5.74, 6) is -0.0667. The van der Waals surface area contributed by atoms with E-state index >= 15 is 0 Å². The molecule has 1 saturated heterocycles. The Kier molecular flexibility index (Phi) is 7.47. The van der Waals surface area contributed by atoms with Gasteiger partial charge in [-0.05, 0) is 44.5 Å². The summed E-state index contributed by atoms with van der Waals surface area (Å²) in [6.45, 7) is 3.60. The molecule has 2 aliphatic heterocycles.